The minimum atomic E-state index is -0.532. The van der Waals surface area contributed by atoms with E-state index in [1.807, 2.05) is 30.3 Å². The van der Waals surface area contributed by atoms with Crippen molar-refractivity contribution in [3.8, 4) is 0 Å². The van der Waals surface area contributed by atoms with Gasteiger partial charge in [0.1, 0.15) is 0 Å². The molecule has 0 aliphatic carbocycles. The van der Waals surface area contributed by atoms with Gasteiger partial charge in [-0.2, -0.15) is 0 Å². The Morgan fingerprint density at radius 1 is 0.955 bits per heavy atom. The van der Waals surface area contributed by atoms with Crippen molar-refractivity contribution in [3.63, 3.8) is 0 Å². The molecule has 0 saturated heterocycles. The summed E-state index contributed by atoms with van der Waals surface area (Å²) >= 11 is 0. The van der Waals surface area contributed by atoms with Crippen LogP contribution in [0.1, 0.15) is 26.3 Å². The maximum atomic E-state index is 12.5. The third kappa shape index (κ3) is 3.93. The van der Waals surface area contributed by atoms with Gasteiger partial charge < -0.3 is 15.7 Å². The molecule has 0 saturated carbocycles. The maximum absolute atomic E-state index is 12.5. The highest BCUT2D eigenvalue weighted by molar-refractivity contribution is 5.97. The monoisotopic (exact) mass is 298 g/mol. The molecule has 0 unspecified atom stereocenters. The van der Waals surface area contributed by atoms with Gasteiger partial charge in [0.05, 0.1) is 6.61 Å². The van der Waals surface area contributed by atoms with Crippen LogP contribution >= 0.6 is 0 Å². The number of amides is 2. The van der Waals surface area contributed by atoms with E-state index in [1.54, 1.807) is 17.0 Å². The molecule has 0 bridgehead atoms. The van der Waals surface area contributed by atoms with E-state index in [-0.39, 0.29) is 19.1 Å². The van der Waals surface area contributed by atoms with Crippen LogP contribution in [0, 0.1) is 0 Å². The molecule has 114 valence electrons. The van der Waals surface area contributed by atoms with Gasteiger partial charge in [0.15, 0.2) is 0 Å². The minimum absolute atomic E-state index is 0.113. The number of carbonyl (C=O) groups excluding carboxylic acids is 2. The molecule has 2 amide bonds. The van der Waals surface area contributed by atoms with Gasteiger partial charge in [-0.25, -0.2) is 0 Å². The fraction of sp³-hybridized carbons (Fsp3) is 0.176. The average molecular weight is 298 g/mol. The highest BCUT2D eigenvalue weighted by Crippen LogP contribution is 2.11. The zero-order valence-corrected chi connectivity index (χ0v) is 12.1. The molecule has 0 atom stereocenters. The highest BCUT2D eigenvalue weighted by Gasteiger charge is 2.16. The fourth-order valence-corrected chi connectivity index (χ4v) is 2.14. The van der Waals surface area contributed by atoms with Gasteiger partial charge in [-0.3, -0.25) is 9.59 Å². The number of carbonyl (C=O) groups is 2. The standard InChI is InChI=1S/C17H18N2O3/c18-16(21)14-6-8-15(9-7-14)17(22)19(10-11-20)12-13-4-2-1-3-5-13/h1-9,20H,10-12H2,(H2,18,21). The number of hydrogen-bond acceptors (Lipinski definition) is 3. The summed E-state index contributed by atoms with van der Waals surface area (Å²) in [6, 6.07) is 15.7. The van der Waals surface area contributed by atoms with Crippen LogP contribution in [0.4, 0.5) is 0 Å². The fourth-order valence-electron chi connectivity index (χ4n) is 2.14. The first kappa shape index (κ1) is 15.7. The van der Waals surface area contributed by atoms with Crippen molar-refractivity contribution in [2.24, 2.45) is 5.73 Å². The Labute approximate surface area is 129 Å². The summed E-state index contributed by atoms with van der Waals surface area (Å²) in [6.45, 7) is 0.543. The summed E-state index contributed by atoms with van der Waals surface area (Å²) < 4.78 is 0. The first-order valence-electron chi connectivity index (χ1n) is 6.95. The molecule has 0 aliphatic rings. The predicted molar refractivity (Wildman–Crippen MR) is 83.2 cm³/mol. The largest absolute Gasteiger partial charge is 0.395 e. The number of rotatable bonds is 6. The van der Waals surface area contributed by atoms with Crippen molar-refractivity contribution in [1.82, 2.24) is 4.90 Å². The lowest BCUT2D eigenvalue weighted by molar-refractivity contribution is 0.0707. The summed E-state index contributed by atoms with van der Waals surface area (Å²) in [4.78, 5) is 25.1. The second-order valence-corrected chi connectivity index (χ2v) is 4.88. The molecule has 3 N–H and O–H groups in total. The molecule has 0 spiro atoms. The molecule has 2 aromatic rings. The van der Waals surface area contributed by atoms with Gasteiger partial charge >= 0.3 is 0 Å². The molecular formula is C17H18N2O3. The van der Waals surface area contributed by atoms with Gasteiger partial charge in [-0.05, 0) is 29.8 Å². The quantitative estimate of drug-likeness (QED) is 0.846. The number of aliphatic hydroxyl groups is 1. The SMILES string of the molecule is NC(=O)c1ccc(C(=O)N(CCO)Cc2ccccc2)cc1. The molecule has 0 aliphatic heterocycles. The van der Waals surface area contributed by atoms with E-state index in [9.17, 15) is 14.7 Å². The van der Waals surface area contributed by atoms with Crippen molar-refractivity contribution in [1.29, 1.82) is 0 Å². The van der Waals surface area contributed by atoms with Crippen molar-refractivity contribution < 1.29 is 14.7 Å². The van der Waals surface area contributed by atoms with E-state index >= 15 is 0 Å². The molecular weight excluding hydrogens is 280 g/mol. The Kier molecular flexibility index (Phi) is 5.27. The zero-order chi connectivity index (χ0) is 15.9. The smallest absolute Gasteiger partial charge is 0.254 e. The molecule has 2 aromatic carbocycles. The zero-order valence-electron chi connectivity index (χ0n) is 12.1. The molecule has 0 aromatic heterocycles. The predicted octanol–water partition coefficient (Wildman–Crippen LogP) is 1.42. The Bertz CT molecular complexity index is 639. The maximum Gasteiger partial charge on any atom is 0.254 e. The summed E-state index contributed by atoms with van der Waals surface area (Å²) in [5.41, 5.74) is 6.97. The Balaban J connectivity index is 2.16. The van der Waals surface area contributed by atoms with Gasteiger partial charge in [0.25, 0.3) is 5.91 Å². The van der Waals surface area contributed by atoms with Crippen molar-refractivity contribution in [2.75, 3.05) is 13.2 Å². The molecule has 5 nitrogen and oxygen atoms in total. The minimum Gasteiger partial charge on any atom is -0.395 e. The van der Waals surface area contributed by atoms with Crippen LogP contribution < -0.4 is 5.73 Å². The first-order valence-corrected chi connectivity index (χ1v) is 6.95. The molecule has 2 rings (SSSR count). The number of nitrogens with two attached hydrogens (primary N) is 1. The number of primary amides is 1. The van der Waals surface area contributed by atoms with Gasteiger partial charge in [0, 0.05) is 24.2 Å². The first-order chi connectivity index (χ1) is 10.6. The molecule has 5 heteroatoms. The van der Waals surface area contributed by atoms with Crippen molar-refractivity contribution >= 4 is 11.8 Å². The van der Waals surface area contributed by atoms with Gasteiger partial charge in [0.2, 0.25) is 5.91 Å². The third-order valence-electron chi connectivity index (χ3n) is 3.29. The van der Waals surface area contributed by atoms with Crippen molar-refractivity contribution in [2.45, 2.75) is 6.54 Å². The van der Waals surface area contributed by atoms with Crippen LogP contribution in [0.5, 0.6) is 0 Å². The molecule has 22 heavy (non-hydrogen) atoms. The summed E-state index contributed by atoms with van der Waals surface area (Å²) in [5.74, 6) is -0.732. The number of benzene rings is 2. The van der Waals surface area contributed by atoms with E-state index in [0.29, 0.717) is 17.7 Å². The lowest BCUT2D eigenvalue weighted by atomic mass is 10.1. The highest BCUT2D eigenvalue weighted by atomic mass is 16.3. The van der Waals surface area contributed by atoms with Crippen LogP contribution in [0.3, 0.4) is 0 Å². The lowest BCUT2D eigenvalue weighted by Gasteiger charge is -2.22. The Morgan fingerprint density at radius 2 is 1.55 bits per heavy atom. The normalized spacial score (nSPS) is 10.2. The van der Waals surface area contributed by atoms with Crippen LogP contribution in [0.15, 0.2) is 54.6 Å². The molecule has 0 fully saturated rings. The number of nitrogens with zero attached hydrogens (tertiary/aromatic N) is 1. The average Bonchev–Trinajstić information content (AvgIpc) is 2.55. The van der Waals surface area contributed by atoms with E-state index in [2.05, 4.69) is 0 Å². The summed E-state index contributed by atoms with van der Waals surface area (Å²) in [7, 11) is 0. The van der Waals surface area contributed by atoms with Crippen LogP contribution in [0.25, 0.3) is 0 Å². The van der Waals surface area contributed by atoms with Crippen LogP contribution in [-0.4, -0.2) is 35.0 Å². The molecule has 0 heterocycles. The molecule has 0 radical (unpaired) electrons. The van der Waals surface area contributed by atoms with E-state index in [4.69, 9.17) is 5.73 Å². The topological polar surface area (TPSA) is 83.6 Å². The third-order valence-corrected chi connectivity index (χ3v) is 3.29. The van der Waals surface area contributed by atoms with Gasteiger partial charge in [-0.15, -0.1) is 0 Å². The van der Waals surface area contributed by atoms with E-state index < -0.39 is 5.91 Å². The summed E-state index contributed by atoms with van der Waals surface area (Å²) in [5, 5.41) is 9.17. The summed E-state index contributed by atoms with van der Waals surface area (Å²) in [6.07, 6.45) is 0. The van der Waals surface area contributed by atoms with Crippen molar-refractivity contribution in [3.05, 3.63) is 71.3 Å². The van der Waals surface area contributed by atoms with Crippen LogP contribution in [0.2, 0.25) is 0 Å². The Hall–Kier alpha value is -2.66. The second-order valence-electron chi connectivity index (χ2n) is 4.88. The lowest BCUT2D eigenvalue weighted by Crippen LogP contribution is -2.33. The second kappa shape index (κ2) is 7.38. The van der Waals surface area contributed by atoms with Crippen LogP contribution in [-0.2, 0) is 6.54 Å². The number of aliphatic hydroxyl groups excluding tert-OH is 1. The Morgan fingerprint density at radius 3 is 2.09 bits per heavy atom. The van der Waals surface area contributed by atoms with E-state index in [0.717, 1.165) is 5.56 Å². The van der Waals surface area contributed by atoms with E-state index in [1.165, 1.54) is 12.1 Å². The van der Waals surface area contributed by atoms with Gasteiger partial charge in [-0.1, -0.05) is 30.3 Å². The number of hydrogen-bond donors (Lipinski definition) is 2.